The summed E-state index contributed by atoms with van der Waals surface area (Å²) in [5, 5.41) is 9.35. The Balaban J connectivity index is 2.15. The molecular formula is C16H16OS. The van der Waals surface area contributed by atoms with Gasteiger partial charge in [0, 0.05) is 23.2 Å². The Morgan fingerprint density at radius 1 is 1.00 bits per heavy atom. The molecule has 1 aliphatic heterocycles. The summed E-state index contributed by atoms with van der Waals surface area (Å²) >= 11 is 1.90. The maximum Gasteiger partial charge on any atom is 0.0440 e. The van der Waals surface area contributed by atoms with Crippen molar-refractivity contribution in [2.45, 2.75) is 23.0 Å². The molecule has 2 aromatic carbocycles. The molecule has 92 valence electrons. The van der Waals surface area contributed by atoms with Gasteiger partial charge in [0.25, 0.3) is 0 Å². The van der Waals surface area contributed by atoms with Crippen LogP contribution in [0.2, 0.25) is 0 Å². The molecular weight excluding hydrogens is 240 g/mol. The average molecular weight is 256 g/mol. The summed E-state index contributed by atoms with van der Waals surface area (Å²) in [4.78, 5) is 1.35. The molecule has 2 heteroatoms. The highest BCUT2D eigenvalue weighted by Crippen LogP contribution is 2.41. The molecule has 1 nitrogen and oxygen atoms in total. The molecule has 0 aliphatic carbocycles. The fourth-order valence-corrected chi connectivity index (χ4v) is 3.79. The van der Waals surface area contributed by atoms with Gasteiger partial charge in [-0.25, -0.2) is 0 Å². The summed E-state index contributed by atoms with van der Waals surface area (Å²) in [6.45, 7) is 0.234. The van der Waals surface area contributed by atoms with Crippen molar-refractivity contribution in [3.05, 3.63) is 65.2 Å². The number of thioether (sulfide) groups is 1. The second kappa shape index (κ2) is 5.17. The number of rotatable bonds is 2. The van der Waals surface area contributed by atoms with Crippen LogP contribution >= 0.6 is 11.8 Å². The highest BCUT2D eigenvalue weighted by molar-refractivity contribution is 7.98. The van der Waals surface area contributed by atoms with Crippen molar-refractivity contribution in [2.75, 3.05) is 6.61 Å². The molecule has 0 radical (unpaired) electrons. The van der Waals surface area contributed by atoms with Crippen molar-refractivity contribution in [2.24, 2.45) is 0 Å². The molecule has 1 heterocycles. The molecule has 1 unspecified atom stereocenters. The van der Waals surface area contributed by atoms with Crippen LogP contribution in [-0.4, -0.2) is 11.7 Å². The van der Waals surface area contributed by atoms with Crippen molar-refractivity contribution in [1.82, 2.24) is 0 Å². The van der Waals surface area contributed by atoms with Gasteiger partial charge in [-0.15, -0.1) is 11.8 Å². The van der Waals surface area contributed by atoms with E-state index < -0.39 is 0 Å². The molecule has 0 spiro atoms. The minimum absolute atomic E-state index is 0.234. The lowest BCUT2D eigenvalue weighted by Gasteiger charge is -2.18. The van der Waals surface area contributed by atoms with Crippen LogP contribution in [0.25, 0.3) is 0 Å². The van der Waals surface area contributed by atoms with Gasteiger partial charge in [0.05, 0.1) is 0 Å². The summed E-state index contributed by atoms with van der Waals surface area (Å²) in [5.74, 6) is 1.35. The van der Waals surface area contributed by atoms with Crippen LogP contribution in [0.1, 0.15) is 29.0 Å². The molecule has 0 amide bonds. The summed E-state index contributed by atoms with van der Waals surface area (Å²) in [6, 6.07) is 17.2. The second-order valence-corrected chi connectivity index (χ2v) is 5.61. The van der Waals surface area contributed by atoms with Crippen LogP contribution in [0.3, 0.4) is 0 Å². The number of hydrogen-bond donors (Lipinski definition) is 1. The molecule has 18 heavy (non-hydrogen) atoms. The van der Waals surface area contributed by atoms with E-state index in [0.717, 1.165) is 12.2 Å². The Labute approximate surface area is 112 Å². The first-order valence-electron chi connectivity index (χ1n) is 6.30. The van der Waals surface area contributed by atoms with Crippen molar-refractivity contribution in [3.63, 3.8) is 0 Å². The van der Waals surface area contributed by atoms with Gasteiger partial charge in [0.1, 0.15) is 0 Å². The van der Waals surface area contributed by atoms with Crippen molar-refractivity contribution >= 4 is 11.8 Å². The summed E-state index contributed by atoms with van der Waals surface area (Å²) in [7, 11) is 0. The van der Waals surface area contributed by atoms with E-state index in [1.54, 1.807) is 0 Å². The minimum atomic E-state index is 0.234. The van der Waals surface area contributed by atoms with Gasteiger partial charge in [-0.3, -0.25) is 0 Å². The first-order chi connectivity index (χ1) is 8.90. The summed E-state index contributed by atoms with van der Waals surface area (Å²) < 4.78 is 0. The predicted octanol–water partition coefficient (Wildman–Crippen LogP) is 3.81. The van der Waals surface area contributed by atoms with Crippen LogP contribution in [0.15, 0.2) is 53.4 Å². The highest BCUT2D eigenvalue weighted by Gasteiger charge is 2.22. The molecule has 0 saturated carbocycles. The van der Waals surface area contributed by atoms with E-state index in [1.807, 2.05) is 11.8 Å². The fourth-order valence-electron chi connectivity index (χ4n) is 2.67. The highest BCUT2D eigenvalue weighted by atomic mass is 32.2. The fraction of sp³-hybridized carbons (Fsp3) is 0.250. The zero-order valence-corrected chi connectivity index (χ0v) is 11.0. The van der Waals surface area contributed by atoms with Crippen LogP contribution in [0, 0.1) is 0 Å². The zero-order valence-electron chi connectivity index (χ0n) is 10.2. The molecule has 0 fully saturated rings. The SMILES string of the molecule is OCCC1c2ccccc2CSc2ccccc21. The third-order valence-corrected chi connectivity index (χ3v) is 4.66. The van der Waals surface area contributed by atoms with E-state index in [0.29, 0.717) is 5.92 Å². The van der Waals surface area contributed by atoms with Crippen LogP contribution in [-0.2, 0) is 5.75 Å². The maximum absolute atomic E-state index is 9.35. The van der Waals surface area contributed by atoms with E-state index in [9.17, 15) is 5.11 Å². The second-order valence-electron chi connectivity index (χ2n) is 4.59. The van der Waals surface area contributed by atoms with E-state index in [1.165, 1.54) is 21.6 Å². The van der Waals surface area contributed by atoms with E-state index >= 15 is 0 Å². The molecule has 1 aliphatic rings. The van der Waals surface area contributed by atoms with Gasteiger partial charge in [-0.2, -0.15) is 0 Å². The van der Waals surface area contributed by atoms with Crippen molar-refractivity contribution in [1.29, 1.82) is 0 Å². The monoisotopic (exact) mass is 256 g/mol. The molecule has 0 aromatic heterocycles. The normalized spacial score (nSPS) is 17.7. The summed E-state index contributed by atoms with van der Waals surface area (Å²) in [5.41, 5.74) is 4.14. The van der Waals surface area contributed by atoms with Gasteiger partial charge in [0.15, 0.2) is 0 Å². The van der Waals surface area contributed by atoms with Gasteiger partial charge >= 0.3 is 0 Å². The first-order valence-corrected chi connectivity index (χ1v) is 7.29. The van der Waals surface area contributed by atoms with Crippen molar-refractivity contribution < 1.29 is 5.11 Å². The Kier molecular flexibility index (Phi) is 3.39. The third-order valence-electron chi connectivity index (χ3n) is 3.53. The quantitative estimate of drug-likeness (QED) is 0.881. The molecule has 1 N–H and O–H groups in total. The molecule has 1 atom stereocenters. The standard InChI is InChI=1S/C16H16OS/c17-10-9-14-13-6-2-1-5-12(13)11-18-16-8-4-3-7-15(14)16/h1-8,14,17H,9-11H2. The Morgan fingerprint density at radius 3 is 2.56 bits per heavy atom. The smallest absolute Gasteiger partial charge is 0.0440 e. The van der Waals surface area contributed by atoms with Crippen LogP contribution in [0.4, 0.5) is 0 Å². The third kappa shape index (κ3) is 2.06. The number of fused-ring (bicyclic) bond motifs is 2. The van der Waals surface area contributed by atoms with Gasteiger partial charge in [0.2, 0.25) is 0 Å². The Morgan fingerprint density at radius 2 is 1.72 bits per heavy atom. The Hall–Kier alpha value is -1.25. The lowest BCUT2D eigenvalue weighted by atomic mass is 9.86. The number of hydrogen-bond acceptors (Lipinski definition) is 2. The van der Waals surface area contributed by atoms with Crippen molar-refractivity contribution in [3.8, 4) is 0 Å². The zero-order chi connectivity index (χ0) is 12.4. The van der Waals surface area contributed by atoms with Gasteiger partial charge in [-0.05, 0) is 29.2 Å². The molecule has 0 bridgehead atoms. The Bertz CT molecular complexity index is 503. The van der Waals surface area contributed by atoms with E-state index in [-0.39, 0.29) is 6.61 Å². The molecule has 3 rings (SSSR count). The molecule has 0 saturated heterocycles. The lowest BCUT2D eigenvalue weighted by molar-refractivity contribution is 0.281. The summed E-state index contributed by atoms with van der Waals surface area (Å²) in [6.07, 6.45) is 0.800. The van der Waals surface area contributed by atoms with Gasteiger partial charge < -0.3 is 5.11 Å². The number of aliphatic hydroxyl groups excluding tert-OH is 1. The first kappa shape index (κ1) is 11.8. The van der Waals surface area contributed by atoms with Crippen LogP contribution < -0.4 is 0 Å². The lowest BCUT2D eigenvalue weighted by Crippen LogP contribution is -2.05. The number of benzene rings is 2. The topological polar surface area (TPSA) is 20.2 Å². The number of aliphatic hydroxyl groups is 1. The average Bonchev–Trinajstić information content (AvgIpc) is 2.58. The molecule has 2 aromatic rings. The van der Waals surface area contributed by atoms with Crippen LogP contribution in [0.5, 0.6) is 0 Å². The predicted molar refractivity (Wildman–Crippen MR) is 76.0 cm³/mol. The maximum atomic E-state index is 9.35. The van der Waals surface area contributed by atoms with E-state index in [2.05, 4.69) is 48.5 Å². The largest absolute Gasteiger partial charge is 0.396 e. The van der Waals surface area contributed by atoms with E-state index in [4.69, 9.17) is 0 Å². The minimum Gasteiger partial charge on any atom is -0.396 e. The van der Waals surface area contributed by atoms with Gasteiger partial charge in [-0.1, -0.05) is 42.5 Å².